The summed E-state index contributed by atoms with van der Waals surface area (Å²) < 4.78 is 15.9. The second-order valence-electron chi connectivity index (χ2n) is 7.89. The summed E-state index contributed by atoms with van der Waals surface area (Å²) in [7, 11) is 3.16. The van der Waals surface area contributed by atoms with Crippen LogP contribution < -0.4 is 9.47 Å². The molecule has 0 atom stereocenters. The number of benzene rings is 2. The van der Waals surface area contributed by atoms with Crippen LogP contribution in [0.5, 0.6) is 11.5 Å². The first-order valence-electron chi connectivity index (χ1n) is 9.33. The molecule has 2 rings (SSSR count). The topological polar surface area (TPSA) is 44.8 Å². The fraction of sp³-hybridized carbons (Fsp3) is 0.375. The number of carbonyl (C=O) groups is 1. The molecule has 0 radical (unpaired) electrons. The highest BCUT2D eigenvalue weighted by molar-refractivity contribution is 5.87. The fourth-order valence-electron chi connectivity index (χ4n) is 2.97. The molecule has 28 heavy (non-hydrogen) atoms. The second-order valence-corrected chi connectivity index (χ2v) is 7.89. The predicted octanol–water partition coefficient (Wildman–Crippen LogP) is 5.37. The van der Waals surface area contributed by atoms with Gasteiger partial charge in [0.25, 0.3) is 0 Å². The molecule has 150 valence electrons. The summed E-state index contributed by atoms with van der Waals surface area (Å²) in [5.74, 6) is 0.878. The zero-order valence-electron chi connectivity index (χ0n) is 17.9. The Balaban J connectivity index is 2.06. The van der Waals surface area contributed by atoms with Crippen molar-refractivity contribution >= 4 is 12.0 Å². The molecule has 0 aliphatic rings. The zero-order valence-corrected chi connectivity index (χ0v) is 17.9. The lowest BCUT2D eigenvalue weighted by atomic mass is 9.84. The molecule has 0 amide bonds. The molecule has 0 aromatic heterocycles. The first-order valence-corrected chi connectivity index (χ1v) is 9.33. The third-order valence-electron chi connectivity index (χ3n) is 4.74. The number of rotatable bonds is 6. The quantitative estimate of drug-likeness (QED) is 0.497. The van der Waals surface area contributed by atoms with Gasteiger partial charge in [-0.05, 0) is 65.3 Å². The van der Waals surface area contributed by atoms with Crippen LogP contribution in [0.4, 0.5) is 0 Å². The van der Waals surface area contributed by atoms with Crippen molar-refractivity contribution in [1.29, 1.82) is 0 Å². The predicted molar refractivity (Wildman–Crippen MR) is 113 cm³/mol. The van der Waals surface area contributed by atoms with Crippen LogP contribution in [-0.4, -0.2) is 20.2 Å². The number of ether oxygens (including phenoxy) is 3. The molecule has 0 spiro atoms. The van der Waals surface area contributed by atoms with Crippen molar-refractivity contribution in [3.8, 4) is 11.5 Å². The van der Waals surface area contributed by atoms with E-state index in [9.17, 15) is 4.79 Å². The van der Waals surface area contributed by atoms with Crippen molar-refractivity contribution in [3.05, 3.63) is 64.2 Å². The van der Waals surface area contributed by atoms with Crippen LogP contribution in [0.3, 0.4) is 0 Å². The minimum absolute atomic E-state index is 0.0902. The number of aryl methyl sites for hydroxylation is 2. The normalized spacial score (nSPS) is 11.5. The van der Waals surface area contributed by atoms with Gasteiger partial charge in [0.15, 0.2) is 11.5 Å². The Morgan fingerprint density at radius 1 is 0.964 bits per heavy atom. The van der Waals surface area contributed by atoms with Crippen molar-refractivity contribution in [2.45, 2.75) is 46.6 Å². The monoisotopic (exact) mass is 382 g/mol. The van der Waals surface area contributed by atoms with E-state index in [4.69, 9.17) is 14.2 Å². The van der Waals surface area contributed by atoms with Crippen molar-refractivity contribution in [1.82, 2.24) is 0 Å². The molecule has 0 heterocycles. The molecular formula is C24H30O4. The highest BCUT2D eigenvalue weighted by Gasteiger charge is 2.16. The van der Waals surface area contributed by atoms with E-state index in [1.54, 1.807) is 26.4 Å². The van der Waals surface area contributed by atoms with Gasteiger partial charge in [-0.15, -0.1) is 0 Å². The summed E-state index contributed by atoms with van der Waals surface area (Å²) in [6, 6.07) is 9.81. The third-order valence-corrected chi connectivity index (χ3v) is 4.74. The summed E-state index contributed by atoms with van der Waals surface area (Å²) >= 11 is 0. The van der Waals surface area contributed by atoms with Crippen LogP contribution >= 0.6 is 0 Å². The maximum Gasteiger partial charge on any atom is 0.331 e. The molecule has 0 fully saturated rings. The Labute approximate surface area is 168 Å². The molecule has 0 N–H and O–H groups in total. The molecule has 4 nitrogen and oxygen atoms in total. The van der Waals surface area contributed by atoms with Crippen LogP contribution in [0, 0.1) is 13.8 Å². The van der Waals surface area contributed by atoms with E-state index in [0.717, 1.165) is 22.3 Å². The minimum Gasteiger partial charge on any atom is -0.493 e. The van der Waals surface area contributed by atoms with Crippen LogP contribution in [0.2, 0.25) is 0 Å². The molecule has 0 saturated carbocycles. The third kappa shape index (κ3) is 5.38. The lowest BCUT2D eigenvalue weighted by molar-refractivity contribution is -0.138. The summed E-state index contributed by atoms with van der Waals surface area (Å²) in [4.78, 5) is 12.2. The lowest BCUT2D eigenvalue weighted by Crippen LogP contribution is -2.13. The van der Waals surface area contributed by atoms with E-state index < -0.39 is 0 Å². The Morgan fingerprint density at radius 2 is 1.57 bits per heavy atom. The average Bonchev–Trinajstić information content (AvgIpc) is 2.64. The van der Waals surface area contributed by atoms with Gasteiger partial charge in [0, 0.05) is 6.08 Å². The molecule has 0 saturated heterocycles. The minimum atomic E-state index is -0.381. The first-order chi connectivity index (χ1) is 13.2. The molecule has 0 aliphatic carbocycles. The first kappa shape index (κ1) is 21.5. The molecule has 2 aromatic rings. The molecule has 0 unspecified atom stereocenters. The highest BCUT2D eigenvalue weighted by Crippen LogP contribution is 2.28. The van der Waals surface area contributed by atoms with E-state index in [0.29, 0.717) is 11.5 Å². The molecule has 0 bridgehead atoms. The lowest BCUT2D eigenvalue weighted by Gasteiger charge is -2.22. The van der Waals surface area contributed by atoms with Gasteiger partial charge in [-0.1, -0.05) is 39.0 Å². The molecule has 0 aliphatic heterocycles. The second kappa shape index (κ2) is 8.96. The van der Waals surface area contributed by atoms with Crippen LogP contribution in [0.15, 0.2) is 36.4 Å². The van der Waals surface area contributed by atoms with Crippen molar-refractivity contribution in [2.75, 3.05) is 14.2 Å². The van der Waals surface area contributed by atoms with Gasteiger partial charge in [-0.3, -0.25) is 0 Å². The molecule has 4 heteroatoms. The molecular weight excluding hydrogens is 352 g/mol. The maximum absolute atomic E-state index is 12.2. The largest absolute Gasteiger partial charge is 0.493 e. The SMILES string of the molecule is COc1ccc(/C=C/C(=O)OCc2c(C)cc(C(C)(C)C)cc2C)cc1OC. The van der Waals surface area contributed by atoms with Crippen LogP contribution in [-0.2, 0) is 21.6 Å². The summed E-state index contributed by atoms with van der Waals surface area (Å²) in [6.45, 7) is 11.0. The number of hydrogen-bond donors (Lipinski definition) is 0. The maximum atomic E-state index is 12.2. The van der Waals surface area contributed by atoms with Crippen molar-refractivity contribution in [3.63, 3.8) is 0 Å². The Kier molecular flexibility index (Phi) is 6.90. The Morgan fingerprint density at radius 3 is 2.11 bits per heavy atom. The average molecular weight is 383 g/mol. The Bertz CT molecular complexity index is 850. The van der Waals surface area contributed by atoms with Gasteiger partial charge in [0.05, 0.1) is 14.2 Å². The number of esters is 1. The van der Waals surface area contributed by atoms with E-state index in [1.165, 1.54) is 11.6 Å². The van der Waals surface area contributed by atoms with Gasteiger partial charge < -0.3 is 14.2 Å². The summed E-state index contributed by atoms with van der Waals surface area (Å²) in [6.07, 6.45) is 3.13. The molecule has 2 aromatic carbocycles. The van der Waals surface area contributed by atoms with Crippen molar-refractivity contribution in [2.24, 2.45) is 0 Å². The number of methoxy groups -OCH3 is 2. The van der Waals surface area contributed by atoms with Gasteiger partial charge in [0.1, 0.15) is 6.61 Å². The smallest absolute Gasteiger partial charge is 0.331 e. The van der Waals surface area contributed by atoms with E-state index in [-0.39, 0.29) is 18.0 Å². The van der Waals surface area contributed by atoms with Gasteiger partial charge in [-0.25, -0.2) is 4.79 Å². The van der Waals surface area contributed by atoms with Crippen LogP contribution in [0.1, 0.15) is 48.6 Å². The summed E-state index contributed by atoms with van der Waals surface area (Å²) in [5, 5.41) is 0. The van der Waals surface area contributed by atoms with Crippen LogP contribution in [0.25, 0.3) is 6.08 Å². The van der Waals surface area contributed by atoms with Gasteiger partial charge in [-0.2, -0.15) is 0 Å². The van der Waals surface area contributed by atoms with Crippen molar-refractivity contribution < 1.29 is 19.0 Å². The standard InChI is InChI=1S/C24H30O4/c1-16-12-19(24(3,4)5)13-17(2)20(16)15-28-23(25)11-9-18-8-10-21(26-6)22(14-18)27-7/h8-14H,15H2,1-7H3/b11-9+. The Hall–Kier alpha value is -2.75. The van der Waals surface area contributed by atoms with E-state index >= 15 is 0 Å². The van der Waals surface area contributed by atoms with E-state index in [2.05, 4.69) is 46.8 Å². The van der Waals surface area contributed by atoms with E-state index in [1.807, 2.05) is 12.1 Å². The fourth-order valence-corrected chi connectivity index (χ4v) is 2.97. The number of hydrogen-bond acceptors (Lipinski definition) is 4. The summed E-state index contributed by atoms with van der Waals surface area (Å²) in [5.41, 5.74) is 5.54. The van der Waals surface area contributed by atoms with Gasteiger partial charge in [0.2, 0.25) is 0 Å². The number of carbonyl (C=O) groups excluding carboxylic acids is 1. The highest BCUT2D eigenvalue weighted by atomic mass is 16.5. The van der Waals surface area contributed by atoms with Gasteiger partial charge >= 0.3 is 5.97 Å². The zero-order chi connectivity index (χ0) is 20.9.